The third-order valence-electron chi connectivity index (χ3n) is 5.14. The van der Waals surface area contributed by atoms with Crippen molar-refractivity contribution >= 4 is 22.7 Å². The summed E-state index contributed by atoms with van der Waals surface area (Å²) in [5.74, 6) is -1.40. The van der Waals surface area contributed by atoms with Gasteiger partial charge in [-0.15, -0.1) is 0 Å². The molecule has 0 saturated heterocycles. The Labute approximate surface area is 163 Å². The van der Waals surface area contributed by atoms with E-state index in [-0.39, 0.29) is 18.3 Å². The van der Waals surface area contributed by atoms with E-state index in [1.807, 2.05) is 38.1 Å². The SMILES string of the molecule is CCC(C)C(NC(=O)c1cc2ccccc2n1Cc1ccccc1F)C(N)=O. The highest BCUT2D eigenvalue weighted by Crippen LogP contribution is 2.22. The molecule has 0 aliphatic carbocycles. The average Bonchev–Trinajstić information content (AvgIpc) is 3.05. The smallest absolute Gasteiger partial charge is 0.268 e. The van der Waals surface area contributed by atoms with Crippen LogP contribution in [0.1, 0.15) is 36.3 Å². The van der Waals surface area contributed by atoms with E-state index in [0.29, 0.717) is 17.7 Å². The Kier molecular flexibility index (Phi) is 5.78. The second-order valence-electron chi connectivity index (χ2n) is 7.00. The zero-order valence-corrected chi connectivity index (χ0v) is 16.0. The molecule has 3 aromatic rings. The highest BCUT2D eigenvalue weighted by atomic mass is 19.1. The molecule has 6 heteroatoms. The minimum Gasteiger partial charge on any atom is -0.368 e. The summed E-state index contributed by atoms with van der Waals surface area (Å²) < 4.78 is 16.0. The maximum absolute atomic E-state index is 14.2. The number of fused-ring (bicyclic) bond motifs is 1. The molecular formula is C22H24FN3O2. The van der Waals surface area contributed by atoms with E-state index < -0.39 is 17.9 Å². The van der Waals surface area contributed by atoms with Gasteiger partial charge >= 0.3 is 0 Å². The van der Waals surface area contributed by atoms with Crippen LogP contribution in [-0.2, 0) is 11.3 Å². The number of benzene rings is 2. The Morgan fingerprint density at radius 1 is 1.14 bits per heavy atom. The zero-order valence-electron chi connectivity index (χ0n) is 16.0. The van der Waals surface area contributed by atoms with E-state index in [9.17, 15) is 14.0 Å². The molecule has 3 N–H and O–H groups in total. The number of carbonyl (C=O) groups is 2. The largest absolute Gasteiger partial charge is 0.368 e. The molecule has 0 saturated carbocycles. The Morgan fingerprint density at radius 2 is 1.82 bits per heavy atom. The van der Waals surface area contributed by atoms with Gasteiger partial charge in [-0.1, -0.05) is 56.7 Å². The summed E-state index contributed by atoms with van der Waals surface area (Å²) in [6.45, 7) is 4.00. The van der Waals surface area contributed by atoms with Crippen molar-refractivity contribution in [1.29, 1.82) is 0 Å². The Bertz CT molecular complexity index is 1010. The lowest BCUT2D eigenvalue weighted by molar-refractivity contribution is -0.120. The van der Waals surface area contributed by atoms with Gasteiger partial charge < -0.3 is 15.6 Å². The topological polar surface area (TPSA) is 77.1 Å². The van der Waals surface area contributed by atoms with Crippen LogP contribution < -0.4 is 11.1 Å². The molecule has 0 bridgehead atoms. The van der Waals surface area contributed by atoms with Gasteiger partial charge in [0.05, 0.1) is 6.54 Å². The molecule has 146 valence electrons. The molecule has 28 heavy (non-hydrogen) atoms. The van der Waals surface area contributed by atoms with E-state index in [1.165, 1.54) is 6.07 Å². The highest BCUT2D eigenvalue weighted by Gasteiger charge is 2.26. The second kappa shape index (κ2) is 8.25. The van der Waals surface area contributed by atoms with Gasteiger partial charge in [-0.2, -0.15) is 0 Å². The molecule has 2 atom stereocenters. The Morgan fingerprint density at radius 3 is 2.50 bits per heavy atom. The molecule has 1 aromatic heterocycles. The number of rotatable bonds is 7. The fraction of sp³-hybridized carbons (Fsp3) is 0.273. The van der Waals surface area contributed by atoms with Crippen molar-refractivity contribution in [3.05, 3.63) is 71.7 Å². The molecule has 0 aliphatic rings. The lowest BCUT2D eigenvalue weighted by Crippen LogP contribution is -2.48. The van der Waals surface area contributed by atoms with Crippen LogP contribution in [0.3, 0.4) is 0 Å². The van der Waals surface area contributed by atoms with Crippen LogP contribution in [0.15, 0.2) is 54.6 Å². The third kappa shape index (κ3) is 3.91. The fourth-order valence-electron chi connectivity index (χ4n) is 3.31. The number of primary amides is 1. The zero-order chi connectivity index (χ0) is 20.3. The van der Waals surface area contributed by atoms with Crippen LogP contribution in [0.2, 0.25) is 0 Å². The first-order valence-corrected chi connectivity index (χ1v) is 9.34. The molecular weight excluding hydrogens is 357 g/mol. The predicted molar refractivity (Wildman–Crippen MR) is 107 cm³/mol. The first kappa shape index (κ1) is 19.6. The molecule has 0 spiro atoms. The standard InChI is InChI=1S/C22H24FN3O2/c1-3-14(2)20(21(24)27)25-22(28)19-12-15-8-5-7-11-18(15)26(19)13-16-9-4-6-10-17(16)23/h4-12,14,20H,3,13H2,1-2H3,(H2,24,27)(H,25,28). The number of hydrogen-bond donors (Lipinski definition) is 2. The summed E-state index contributed by atoms with van der Waals surface area (Å²) in [7, 11) is 0. The number of amides is 2. The van der Waals surface area contributed by atoms with Gasteiger partial charge in [0, 0.05) is 16.5 Å². The van der Waals surface area contributed by atoms with Gasteiger partial charge in [-0.25, -0.2) is 4.39 Å². The lowest BCUT2D eigenvalue weighted by Gasteiger charge is -2.21. The molecule has 2 aromatic carbocycles. The second-order valence-corrected chi connectivity index (χ2v) is 7.00. The van der Waals surface area contributed by atoms with Crippen LogP contribution in [0.4, 0.5) is 4.39 Å². The number of hydrogen-bond acceptors (Lipinski definition) is 2. The molecule has 2 amide bonds. The molecule has 0 radical (unpaired) electrons. The first-order valence-electron chi connectivity index (χ1n) is 9.34. The molecule has 2 unspecified atom stereocenters. The van der Waals surface area contributed by atoms with Crippen LogP contribution in [0, 0.1) is 11.7 Å². The maximum atomic E-state index is 14.2. The van der Waals surface area contributed by atoms with Crippen molar-refractivity contribution in [2.75, 3.05) is 0 Å². The number of nitrogens with one attached hydrogen (secondary N) is 1. The van der Waals surface area contributed by atoms with Crippen LogP contribution in [0.25, 0.3) is 10.9 Å². The third-order valence-corrected chi connectivity index (χ3v) is 5.14. The van der Waals surface area contributed by atoms with Crippen molar-refractivity contribution < 1.29 is 14.0 Å². The van der Waals surface area contributed by atoms with Crippen molar-refractivity contribution in [3.8, 4) is 0 Å². The van der Waals surface area contributed by atoms with Crippen LogP contribution in [-0.4, -0.2) is 22.4 Å². The Hall–Kier alpha value is -3.15. The summed E-state index contributed by atoms with van der Waals surface area (Å²) in [6, 6.07) is 15.0. The Balaban J connectivity index is 2.02. The fourth-order valence-corrected chi connectivity index (χ4v) is 3.31. The molecule has 5 nitrogen and oxygen atoms in total. The number of aromatic nitrogens is 1. The van der Waals surface area contributed by atoms with Crippen molar-refractivity contribution in [2.24, 2.45) is 11.7 Å². The minimum atomic E-state index is -0.766. The molecule has 1 heterocycles. The maximum Gasteiger partial charge on any atom is 0.268 e. The van der Waals surface area contributed by atoms with Crippen LogP contribution >= 0.6 is 0 Å². The van der Waals surface area contributed by atoms with Crippen molar-refractivity contribution in [3.63, 3.8) is 0 Å². The van der Waals surface area contributed by atoms with Crippen molar-refractivity contribution in [2.45, 2.75) is 32.9 Å². The van der Waals surface area contributed by atoms with E-state index in [2.05, 4.69) is 5.32 Å². The first-order chi connectivity index (χ1) is 13.4. The van der Waals surface area contributed by atoms with Gasteiger partial charge in [0.25, 0.3) is 5.91 Å². The number of halogens is 1. The van der Waals surface area contributed by atoms with E-state index in [0.717, 1.165) is 10.9 Å². The van der Waals surface area contributed by atoms with E-state index in [4.69, 9.17) is 5.73 Å². The van der Waals surface area contributed by atoms with Gasteiger partial charge in [-0.05, 0) is 24.1 Å². The molecule has 0 aliphatic heterocycles. The number of nitrogens with two attached hydrogens (primary N) is 1. The number of para-hydroxylation sites is 1. The van der Waals surface area contributed by atoms with Crippen molar-refractivity contribution in [1.82, 2.24) is 9.88 Å². The molecule has 3 rings (SSSR count). The summed E-state index contributed by atoms with van der Waals surface area (Å²) in [4.78, 5) is 24.8. The number of carbonyl (C=O) groups excluding carboxylic acids is 2. The quantitative estimate of drug-likeness (QED) is 0.657. The average molecular weight is 381 g/mol. The summed E-state index contributed by atoms with van der Waals surface area (Å²) >= 11 is 0. The monoisotopic (exact) mass is 381 g/mol. The van der Waals surface area contributed by atoms with Gasteiger partial charge in [0.2, 0.25) is 5.91 Å². The van der Waals surface area contributed by atoms with Crippen LogP contribution in [0.5, 0.6) is 0 Å². The summed E-state index contributed by atoms with van der Waals surface area (Å²) in [6.07, 6.45) is 0.700. The highest BCUT2D eigenvalue weighted by molar-refractivity contribution is 6.00. The number of nitrogens with zero attached hydrogens (tertiary/aromatic N) is 1. The minimum absolute atomic E-state index is 0.0918. The van der Waals surface area contributed by atoms with Gasteiger partial charge in [0.1, 0.15) is 17.6 Å². The normalized spacial score (nSPS) is 13.2. The summed E-state index contributed by atoms with van der Waals surface area (Å²) in [5, 5.41) is 3.62. The van der Waals surface area contributed by atoms with Gasteiger partial charge in [-0.3, -0.25) is 9.59 Å². The van der Waals surface area contributed by atoms with E-state index in [1.54, 1.807) is 28.8 Å². The lowest BCUT2D eigenvalue weighted by atomic mass is 9.98. The predicted octanol–water partition coefficient (Wildman–Crippen LogP) is 3.46. The summed E-state index contributed by atoms with van der Waals surface area (Å²) in [5.41, 5.74) is 7.14. The van der Waals surface area contributed by atoms with E-state index >= 15 is 0 Å². The van der Waals surface area contributed by atoms with Gasteiger partial charge in [0.15, 0.2) is 0 Å². The molecule has 0 fully saturated rings.